The first-order chi connectivity index (χ1) is 10.7. The molecule has 5 heteroatoms. The number of carbonyl (C=O) groups is 1. The van der Waals surface area contributed by atoms with Gasteiger partial charge >= 0.3 is 0 Å². The molecular weight excluding hydrogens is 281 g/mol. The number of benzene rings is 1. The first-order valence-corrected chi connectivity index (χ1v) is 7.74. The maximum Gasteiger partial charge on any atom is 0.222 e. The van der Waals surface area contributed by atoms with E-state index in [4.69, 9.17) is 0 Å². The van der Waals surface area contributed by atoms with E-state index in [2.05, 4.69) is 10.2 Å². The number of aromatic amines is 1. The summed E-state index contributed by atoms with van der Waals surface area (Å²) in [5.74, 6) is 0.285. The molecule has 2 heterocycles. The van der Waals surface area contributed by atoms with Crippen molar-refractivity contribution in [1.29, 1.82) is 0 Å². The fourth-order valence-electron chi connectivity index (χ4n) is 3.01. The van der Waals surface area contributed by atoms with Crippen LogP contribution in [-0.2, 0) is 11.2 Å². The second-order valence-electron chi connectivity index (χ2n) is 5.82. The summed E-state index contributed by atoms with van der Waals surface area (Å²) in [5, 5.41) is 7.00. The van der Waals surface area contributed by atoms with Gasteiger partial charge in [0.2, 0.25) is 5.91 Å². The normalized spacial score (nSPS) is 18.4. The van der Waals surface area contributed by atoms with Crippen LogP contribution >= 0.6 is 0 Å². The van der Waals surface area contributed by atoms with Crippen molar-refractivity contribution in [3.05, 3.63) is 53.6 Å². The molecule has 0 saturated carbocycles. The number of aryl methyl sites for hydroxylation is 1. The third-order valence-electron chi connectivity index (χ3n) is 4.28. The highest BCUT2D eigenvalue weighted by Crippen LogP contribution is 2.25. The molecule has 1 atom stereocenters. The van der Waals surface area contributed by atoms with Crippen LogP contribution in [0.4, 0.5) is 4.39 Å². The molecule has 0 unspecified atom stereocenters. The number of aromatic nitrogens is 2. The molecule has 116 valence electrons. The third kappa shape index (κ3) is 3.53. The highest BCUT2D eigenvalue weighted by molar-refractivity contribution is 5.76. The summed E-state index contributed by atoms with van der Waals surface area (Å²) in [6, 6.07) is 8.35. The lowest BCUT2D eigenvalue weighted by atomic mass is 9.94. The number of nitrogens with zero attached hydrogens (tertiary/aromatic N) is 2. The molecule has 1 aliphatic rings. The van der Waals surface area contributed by atoms with E-state index >= 15 is 0 Å². The fraction of sp³-hybridized carbons (Fsp3) is 0.412. The third-order valence-corrected chi connectivity index (χ3v) is 4.28. The van der Waals surface area contributed by atoms with Crippen LogP contribution in [0.1, 0.15) is 36.4 Å². The molecule has 1 N–H and O–H groups in total. The van der Waals surface area contributed by atoms with Crippen molar-refractivity contribution in [3.8, 4) is 0 Å². The summed E-state index contributed by atoms with van der Waals surface area (Å²) in [6.07, 6.45) is 4.99. The van der Waals surface area contributed by atoms with Gasteiger partial charge in [-0.15, -0.1) is 0 Å². The lowest BCUT2D eigenvalue weighted by molar-refractivity contribution is -0.132. The molecule has 0 bridgehead atoms. The summed E-state index contributed by atoms with van der Waals surface area (Å²) in [7, 11) is 0. The Balaban J connectivity index is 1.54. The molecule has 1 aromatic carbocycles. The molecule has 1 amide bonds. The molecule has 1 fully saturated rings. The minimum Gasteiger partial charge on any atom is -0.342 e. The van der Waals surface area contributed by atoms with Crippen molar-refractivity contribution < 1.29 is 9.18 Å². The summed E-state index contributed by atoms with van der Waals surface area (Å²) in [6.45, 7) is 1.58. The Bertz CT molecular complexity index is 609. The van der Waals surface area contributed by atoms with Crippen molar-refractivity contribution in [1.82, 2.24) is 15.1 Å². The minimum absolute atomic E-state index is 0.175. The van der Waals surface area contributed by atoms with E-state index in [-0.39, 0.29) is 11.7 Å². The largest absolute Gasteiger partial charge is 0.342 e. The zero-order chi connectivity index (χ0) is 15.4. The van der Waals surface area contributed by atoms with Crippen LogP contribution < -0.4 is 0 Å². The molecule has 22 heavy (non-hydrogen) atoms. The van der Waals surface area contributed by atoms with Gasteiger partial charge in [-0.05, 0) is 43.0 Å². The molecule has 4 nitrogen and oxygen atoms in total. The minimum atomic E-state index is -0.242. The van der Waals surface area contributed by atoms with Crippen molar-refractivity contribution >= 4 is 5.91 Å². The van der Waals surface area contributed by atoms with Crippen LogP contribution in [0.15, 0.2) is 36.5 Å². The number of hydrogen-bond acceptors (Lipinski definition) is 2. The first-order valence-electron chi connectivity index (χ1n) is 7.74. The van der Waals surface area contributed by atoms with Gasteiger partial charge in [0.15, 0.2) is 0 Å². The molecule has 0 radical (unpaired) electrons. The van der Waals surface area contributed by atoms with Crippen molar-refractivity contribution in [3.63, 3.8) is 0 Å². The van der Waals surface area contributed by atoms with E-state index in [1.807, 2.05) is 11.0 Å². The van der Waals surface area contributed by atoms with Gasteiger partial charge in [-0.1, -0.05) is 12.1 Å². The monoisotopic (exact) mass is 301 g/mol. The SMILES string of the molecule is O=C(CCc1ccc(F)cc1)N1CCC[C@@H](c2ccn[nH]2)C1. The number of halogens is 1. The highest BCUT2D eigenvalue weighted by atomic mass is 19.1. The molecule has 1 aromatic heterocycles. The van der Waals surface area contributed by atoms with E-state index in [1.165, 1.54) is 12.1 Å². The Labute approximate surface area is 129 Å². The predicted molar refractivity (Wildman–Crippen MR) is 81.9 cm³/mol. The number of hydrogen-bond donors (Lipinski definition) is 1. The Kier molecular flexibility index (Phi) is 4.51. The van der Waals surface area contributed by atoms with Crippen molar-refractivity contribution in [2.24, 2.45) is 0 Å². The van der Waals surface area contributed by atoms with Gasteiger partial charge < -0.3 is 4.90 Å². The molecule has 3 rings (SSSR count). The first kappa shape index (κ1) is 14.8. The van der Waals surface area contributed by atoms with Crippen LogP contribution in [0.25, 0.3) is 0 Å². The van der Waals surface area contributed by atoms with Gasteiger partial charge in [0.25, 0.3) is 0 Å². The number of likely N-dealkylation sites (tertiary alicyclic amines) is 1. The average molecular weight is 301 g/mol. The van der Waals surface area contributed by atoms with E-state index in [9.17, 15) is 9.18 Å². The quantitative estimate of drug-likeness (QED) is 0.944. The maximum absolute atomic E-state index is 12.9. The van der Waals surface area contributed by atoms with E-state index in [0.717, 1.165) is 37.2 Å². The van der Waals surface area contributed by atoms with Gasteiger partial charge in [-0.2, -0.15) is 5.10 Å². The number of rotatable bonds is 4. The predicted octanol–water partition coefficient (Wildman–Crippen LogP) is 2.89. The number of nitrogens with one attached hydrogen (secondary N) is 1. The topological polar surface area (TPSA) is 49.0 Å². The lowest BCUT2D eigenvalue weighted by Gasteiger charge is -2.32. The van der Waals surface area contributed by atoms with Crippen molar-refractivity contribution in [2.75, 3.05) is 13.1 Å². The Morgan fingerprint density at radius 1 is 1.32 bits per heavy atom. The van der Waals surface area contributed by atoms with Gasteiger partial charge in [0.1, 0.15) is 5.82 Å². The number of H-pyrrole nitrogens is 1. The Morgan fingerprint density at radius 2 is 2.14 bits per heavy atom. The standard InChI is InChI=1S/C17H20FN3O/c18-15-6-3-13(4-7-15)5-8-17(22)21-11-1-2-14(12-21)16-9-10-19-20-16/h3-4,6-7,9-10,14H,1-2,5,8,11-12H2,(H,19,20)/t14-/m1/s1. The van der Waals surface area contributed by atoms with Crippen LogP contribution in [0, 0.1) is 5.82 Å². The zero-order valence-corrected chi connectivity index (χ0v) is 12.5. The van der Waals surface area contributed by atoms with Crippen LogP contribution in [0.5, 0.6) is 0 Å². The van der Waals surface area contributed by atoms with E-state index < -0.39 is 0 Å². The Morgan fingerprint density at radius 3 is 2.86 bits per heavy atom. The number of amides is 1. The van der Waals surface area contributed by atoms with E-state index in [1.54, 1.807) is 18.3 Å². The average Bonchev–Trinajstić information content (AvgIpc) is 3.09. The molecule has 2 aromatic rings. The second kappa shape index (κ2) is 6.73. The van der Waals surface area contributed by atoms with Gasteiger partial charge in [-0.25, -0.2) is 4.39 Å². The smallest absolute Gasteiger partial charge is 0.222 e. The lowest BCUT2D eigenvalue weighted by Crippen LogP contribution is -2.39. The molecule has 0 aliphatic carbocycles. The number of carbonyl (C=O) groups excluding carboxylic acids is 1. The van der Waals surface area contributed by atoms with Gasteiger partial charge in [0.05, 0.1) is 0 Å². The summed E-state index contributed by atoms with van der Waals surface area (Å²) < 4.78 is 12.9. The summed E-state index contributed by atoms with van der Waals surface area (Å²) >= 11 is 0. The Hall–Kier alpha value is -2.17. The van der Waals surface area contributed by atoms with Crippen LogP contribution in [0.2, 0.25) is 0 Å². The zero-order valence-electron chi connectivity index (χ0n) is 12.5. The molecule has 0 spiro atoms. The molecular formula is C17H20FN3O. The summed E-state index contributed by atoms with van der Waals surface area (Å²) in [5.41, 5.74) is 2.10. The molecule has 1 saturated heterocycles. The number of piperidine rings is 1. The van der Waals surface area contributed by atoms with Gasteiger partial charge in [0, 0.05) is 37.3 Å². The molecule has 1 aliphatic heterocycles. The maximum atomic E-state index is 12.9. The van der Waals surface area contributed by atoms with Crippen molar-refractivity contribution in [2.45, 2.75) is 31.6 Å². The fourth-order valence-corrected chi connectivity index (χ4v) is 3.01. The summed E-state index contributed by atoms with van der Waals surface area (Å²) in [4.78, 5) is 14.3. The van der Waals surface area contributed by atoms with E-state index in [0.29, 0.717) is 18.8 Å². The second-order valence-corrected chi connectivity index (χ2v) is 5.82. The van der Waals surface area contributed by atoms with Crippen LogP contribution in [-0.4, -0.2) is 34.1 Å². The van der Waals surface area contributed by atoms with Gasteiger partial charge in [-0.3, -0.25) is 9.89 Å². The highest BCUT2D eigenvalue weighted by Gasteiger charge is 2.25. The van der Waals surface area contributed by atoms with Crippen LogP contribution in [0.3, 0.4) is 0 Å².